The summed E-state index contributed by atoms with van der Waals surface area (Å²) in [5.41, 5.74) is 2.46. The van der Waals surface area contributed by atoms with E-state index in [1.54, 1.807) is 30.5 Å². The molecule has 0 radical (unpaired) electrons. The molecule has 11 heteroatoms. The number of H-pyrrole nitrogens is 2. The van der Waals surface area contributed by atoms with E-state index >= 15 is 4.39 Å². The van der Waals surface area contributed by atoms with E-state index in [9.17, 15) is 18.0 Å². The minimum atomic E-state index is -4.51. The highest BCUT2D eigenvalue weighted by atomic mass is 19.4. The second kappa shape index (κ2) is 10.0. The second-order valence-corrected chi connectivity index (χ2v) is 8.65. The van der Waals surface area contributed by atoms with Crippen LogP contribution in [0.15, 0.2) is 77.0 Å². The molecule has 0 atom stereocenters. The van der Waals surface area contributed by atoms with Crippen LogP contribution < -0.4 is 0 Å². The van der Waals surface area contributed by atoms with Gasteiger partial charge in [0.2, 0.25) is 0 Å². The van der Waals surface area contributed by atoms with Crippen LogP contribution in [0.25, 0.3) is 38.9 Å². The fraction of sp³-hybridized carbons (Fsp3) is 0.0714. The SMILES string of the molecule is C=N/C=C(\C=Nc1ccc2[nH]cc(CC(=O)O)c2c1)c1ccc(-c2nc3ccc(C(F)(F)F)cc3[nH]2)c(F)c1. The summed E-state index contributed by atoms with van der Waals surface area (Å²) in [6.07, 6.45) is -0.125. The van der Waals surface area contributed by atoms with Crippen LogP contribution in [0.4, 0.5) is 23.2 Å². The summed E-state index contributed by atoms with van der Waals surface area (Å²) in [4.78, 5) is 29.4. The lowest BCUT2D eigenvalue weighted by atomic mass is 10.0. The molecular formula is C28H19F4N5O2. The normalized spacial score (nSPS) is 12.6. The molecule has 196 valence electrons. The molecule has 3 N–H and O–H groups in total. The maximum absolute atomic E-state index is 15.2. The smallest absolute Gasteiger partial charge is 0.416 e. The number of carboxylic acids is 1. The van der Waals surface area contributed by atoms with Gasteiger partial charge in [0, 0.05) is 35.1 Å². The minimum absolute atomic E-state index is 0.0789. The first kappa shape index (κ1) is 25.6. The van der Waals surface area contributed by atoms with Gasteiger partial charge in [0.05, 0.1) is 34.3 Å². The molecule has 0 saturated heterocycles. The molecule has 0 unspecified atom stereocenters. The van der Waals surface area contributed by atoms with Gasteiger partial charge in [-0.25, -0.2) is 9.37 Å². The molecule has 2 heterocycles. The maximum Gasteiger partial charge on any atom is 0.416 e. The zero-order chi connectivity index (χ0) is 27.7. The number of allylic oxidation sites excluding steroid dienone is 1. The van der Waals surface area contributed by atoms with E-state index in [1.807, 2.05) is 0 Å². The molecule has 0 fully saturated rings. The molecule has 7 nitrogen and oxygen atoms in total. The number of hydrogen-bond donors (Lipinski definition) is 3. The van der Waals surface area contributed by atoms with E-state index in [4.69, 9.17) is 5.11 Å². The van der Waals surface area contributed by atoms with Gasteiger partial charge in [0.25, 0.3) is 0 Å². The van der Waals surface area contributed by atoms with Gasteiger partial charge in [-0.05, 0) is 66.4 Å². The number of carbonyl (C=O) groups is 1. The highest BCUT2D eigenvalue weighted by Gasteiger charge is 2.30. The van der Waals surface area contributed by atoms with E-state index < -0.39 is 23.5 Å². The largest absolute Gasteiger partial charge is 0.481 e. The Kier molecular flexibility index (Phi) is 6.57. The first-order valence-corrected chi connectivity index (χ1v) is 11.5. The summed E-state index contributed by atoms with van der Waals surface area (Å²) in [5.74, 6) is -1.52. The first-order chi connectivity index (χ1) is 18.6. The Labute approximate surface area is 218 Å². The average molecular weight is 533 g/mol. The quantitative estimate of drug-likeness (QED) is 0.156. The number of aliphatic imine (C=N–C) groups is 2. The van der Waals surface area contributed by atoms with Gasteiger partial charge in [-0.3, -0.25) is 14.8 Å². The Bertz CT molecular complexity index is 1800. The van der Waals surface area contributed by atoms with Crippen LogP contribution >= 0.6 is 0 Å². The average Bonchev–Trinajstić information content (AvgIpc) is 3.49. The van der Waals surface area contributed by atoms with Crippen molar-refractivity contribution in [3.05, 3.63) is 89.5 Å². The Hall–Kier alpha value is -5.06. The standard InChI is InChI=1S/C28H19F4N5O2/c1-33-12-17(14-34-19-4-7-23-21(11-19)16(13-35-23)9-26(38)39)15-2-5-20(22(29)8-15)27-36-24-6-3-18(28(30,31)32)10-25(24)37-27/h2-8,10-14,35H,1,9H2,(H,36,37)(H,38,39)/b17-12+,34-14?. The van der Waals surface area contributed by atoms with Crippen molar-refractivity contribution in [1.82, 2.24) is 15.0 Å². The highest BCUT2D eigenvalue weighted by molar-refractivity contribution is 6.11. The molecule has 5 rings (SSSR count). The van der Waals surface area contributed by atoms with Crippen molar-refractivity contribution in [2.45, 2.75) is 12.6 Å². The number of aromatic amines is 2. The lowest BCUT2D eigenvalue weighted by Crippen LogP contribution is -2.04. The number of nitrogens with zero attached hydrogens (tertiary/aromatic N) is 3. The Morgan fingerprint density at radius 3 is 2.62 bits per heavy atom. The summed E-state index contributed by atoms with van der Waals surface area (Å²) in [6.45, 7) is 3.45. The van der Waals surface area contributed by atoms with Crippen molar-refractivity contribution in [2.24, 2.45) is 9.98 Å². The summed E-state index contributed by atoms with van der Waals surface area (Å²) in [7, 11) is 0. The van der Waals surface area contributed by atoms with Crippen molar-refractivity contribution >= 4 is 52.1 Å². The zero-order valence-corrected chi connectivity index (χ0v) is 20.1. The second-order valence-electron chi connectivity index (χ2n) is 8.65. The Morgan fingerprint density at radius 2 is 1.90 bits per heavy atom. The van der Waals surface area contributed by atoms with Crippen molar-refractivity contribution in [3.8, 4) is 11.4 Å². The molecule has 39 heavy (non-hydrogen) atoms. The van der Waals surface area contributed by atoms with Crippen LogP contribution in [0.2, 0.25) is 0 Å². The predicted octanol–water partition coefficient (Wildman–Crippen LogP) is 6.94. The number of benzene rings is 3. The molecule has 3 aromatic carbocycles. The number of imidazole rings is 1. The molecule has 0 aliphatic rings. The van der Waals surface area contributed by atoms with Gasteiger partial charge in [-0.1, -0.05) is 6.07 Å². The fourth-order valence-electron chi connectivity index (χ4n) is 4.18. The Morgan fingerprint density at radius 1 is 1.08 bits per heavy atom. The zero-order valence-electron chi connectivity index (χ0n) is 20.1. The number of alkyl halides is 3. The summed E-state index contributed by atoms with van der Waals surface area (Å²) < 4.78 is 54.3. The van der Waals surface area contributed by atoms with Crippen LogP contribution in [0.1, 0.15) is 16.7 Å². The highest BCUT2D eigenvalue weighted by Crippen LogP contribution is 2.32. The van der Waals surface area contributed by atoms with Crippen molar-refractivity contribution in [3.63, 3.8) is 0 Å². The number of aromatic nitrogens is 3. The number of fused-ring (bicyclic) bond motifs is 2. The number of nitrogens with one attached hydrogen (secondary N) is 2. The molecule has 2 aromatic heterocycles. The third-order valence-corrected chi connectivity index (χ3v) is 6.04. The van der Waals surface area contributed by atoms with Gasteiger partial charge in [-0.2, -0.15) is 13.2 Å². The number of rotatable bonds is 7. The summed E-state index contributed by atoms with van der Waals surface area (Å²) >= 11 is 0. The van der Waals surface area contributed by atoms with E-state index in [2.05, 4.69) is 31.7 Å². The number of carboxylic acid groups (broad SMARTS) is 1. The van der Waals surface area contributed by atoms with E-state index in [1.165, 1.54) is 30.6 Å². The first-order valence-electron chi connectivity index (χ1n) is 11.5. The third-order valence-electron chi connectivity index (χ3n) is 6.04. The number of hydrogen-bond acceptors (Lipinski definition) is 4. The monoisotopic (exact) mass is 533 g/mol. The lowest BCUT2D eigenvalue weighted by molar-refractivity contribution is -0.138. The van der Waals surface area contributed by atoms with Crippen LogP contribution in [0.5, 0.6) is 0 Å². The lowest BCUT2D eigenvalue weighted by Gasteiger charge is -2.05. The van der Waals surface area contributed by atoms with Crippen LogP contribution in [-0.2, 0) is 17.4 Å². The molecule has 0 aliphatic carbocycles. The topological polar surface area (TPSA) is 106 Å². The van der Waals surface area contributed by atoms with E-state index in [0.29, 0.717) is 22.4 Å². The molecule has 0 aliphatic heterocycles. The van der Waals surface area contributed by atoms with Crippen LogP contribution in [-0.4, -0.2) is 39.0 Å². The van der Waals surface area contributed by atoms with Crippen molar-refractivity contribution in [2.75, 3.05) is 0 Å². The summed E-state index contributed by atoms with van der Waals surface area (Å²) in [6, 6.07) is 12.7. The van der Waals surface area contributed by atoms with Crippen LogP contribution in [0.3, 0.4) is 0 Å². The molecule has 0 amide bonds. The molecule has 0 spiro atoms. The maximum atomic E-state index is 15.2. The fourth-order valence-corrected chi connectivity index (χ4v) is 4.18. The van der Waals surface area contributed by atoms with Gasteiger partial charge in [-0.15, -0.1) is 0 Å². The molecule has 5 aromatic rings. The van der Waals surface area contributed by atoms with E-state index in [0.717, 1.165) is 23.0 Å². The predicted molar refractivity (Wildman–Crippen MR) is 142 cm³/mol. The van der Waals surface area contributed by atoms with Gasteiger partial charge < -0.3 is 15.1 Å². The van der Waals surface area contributed by atoms with Gasteiger partial charge in [0.1, 0.15) is 11.6 Å². The van der Waals surface area contributed by atoms with Crippen LogP contribution in [0, 0.1) is 5.82 Å². The van der Waals surface area contributed by atoms with Gasteiger partial charge >= 0.3 is 12.1 Å². The minimum Gasteiger partial charge on any atom is -0.481 e. The number of halogens is 4. The molecule has 0 saturated carbocycles. The third kappa shape index (κ3) is 5.33. The van der Waals surface area contributed by atoms with Crippen molar-refractivity contribution < 1.29 is 27.5 Å². The van der Waals surface area contributed by atoms with E-state index in [-0.39, 0.29) is 28.8 Å². The molecular weight excluding hydrogens is 514 g/mol. The number of aliphatic carboxylic acids is 1. The van der Waals surface area contributed by atoms with Gasteiger partial charge in [0.15, 0.2) is 0 Å². The summed E-state index contributed by atoms with van der Waals surface area (Å²) in [5, 5.41) is 9.85. The van der Waals surface area contributed by atoms with Crippen molar-refractivity contribution in [1.29, 1.82) is 0 Å². The molecule has 0 bridgehead atoms. The Balaban J connectivity index is 1.44.